The molecule has 1 fully saturated rings. The van der Waals surface area contributed by atoms with Gasteiger partial charge in [-0.1, -0.05) is 17.7 Å². The second-order valence-corrected chi connectivity index (χ2v) is 11.8. The zero-order valence-electron chi connectivity index (χ0n) is 21.0. The highest BCUT2D eigenvalue weighted by Crippen LogP contribution is 2.43. The molecule has 1 aliphatic heterocycles. The van der Waals surface area contributed by atoms with Crippen molar-refractivity contribution in [1.29, 1.82) is 0 Å². The number of hydrogen-bond acceptors (Lipinski definition) is 9. The molecule has 0 aromatic carbocycles. The molecule has 3 aromatic rings. The molecule has 1 saturated heterocycles. The Bertz CT molecular complexity index is 1340. The topological polar surface area (TPSA) is 125 Å². The number of carbonyl (C=O) groups excluding carboxylic acids is 1. The van der Waals surface area contributed by atoms with Crippen molar-refractivity contribution in [2.75, 3.05) is 6.26 Å². The van der Waals surface area contributed by atoms with E-state index in [-0.39, 0.29) is 11.6 Å². The van der Waals surface area contributed by atoms with Gasteiger partial charge in [0.15, 0.2) is 6.10 Å². The number of hydrogen-bond donors (Lipinski definition) is 0. The number of halogens is 1. The van der Waals surface area contributed by atoms with Gasteiger partial charge in [-0.15, -0.1) is 0 Å². The molecule has 12 heteroatoms. The summed E-state index contributed by atoms with van der Waals surface area (Å²) in [4.78, 5) is 28.4. The van der Waals surface area contributed by atoms with Crippen LogP contribution in [0.25, 0.3) is 0 Å². The third kappa shape index (κ3) is 6.65. The van der Waals surface area contributed by atoms with Crippen LogP contribution in [-0.2, 0) is 19.0 Å². The number of nitrogens with zero attached hydrogens (tertiary/aromatic N) is 4. The molecule has 0 spiro atoms. The zero-order valence-corrected chi connectivity index (χ0v) is 22.6. The van der Waals surface area contributed by atoms with E-state index in [2.05, 4.69) is 9.97 Å². The summed E-state index contributed by atoms with van der Waals surface area (Å²) in [5.41, 5.74) is 0.655. The van der Waals surface area contributed by atoms with Gasteiger partial charge in [-0.25, -0.2) is 9.78 Å². The number of amides is 1. The summed E-state index contributed by atoms with van der Waals surface area (Å²) in [6.45, 7) is 5.40. The van der Waals surface area contributed by atoms with Crippen LogP contribution < -0.4 is 0 Å². The first-order valence-corrected chi connectivity index (χ1v) is 14.0. The zero-order chi connectivity index (χ0) is 26.8. The van der Waals surface area contributed by atoms with E-state index in [4.69, 9.17) is 29.9 Å². The van der Waals surface area contributed by atoms with E-state index < -0.39 is 40.0 Å². The molecular formula is C25H29ClN4O6S. The molecule has 10 nitrogen and oxygen atoms in total. The normalized spacial score (nSPS) is 19.4. The molecule has 0 aliphatic carbocycles. The van der Waals surface area contributed by atoms with Crippen LogP contribution in [0.5, 0.6) is 0 Å². The molecule has 1 unspecified atom stereocenters. The van der Waals surface area contributed by atoms with Gasteiger partial charge in [0, 0.05) is 6.20 Å². The Morgan fingerprint density at radius 1 is 1.14 bits per heavy atom. The van der Waals surface area contributed by atoms with Gasteiger partial charge in [-0.3, -0.25) is 19.1 Å². The van der Waals surface area contributed by atoms with Gasteiger partial charge in [0.1, 0.15) is 11.9 Å². The molecule has 3 aromatic heterocycles. The van der Waals surface area contributed by atoms with E-state index >= 15 is 0 Å². The lowest BCUT2D eigenvalue weighted by molar-refractivity contribution is -0.00798. The Hall–Kier alpha value is -3.02. The van der Waals surface area contributed by atoms with Gasteiger partial charge in [0.05, 0.1) is 46.6 Å². The summed E-state index contributed by atoms with van der Waals surface area (Å²) in [5.74, 6) is 0.0425. The first kappa shape index (κ1) is 27.0. The average molecular weight is 549 g/mol. The van der Waals surface area contributed by atoms with Crippen molar-refractivity contribution in [3.8, 4) is 0 Å². The van der Waals surface area contributed by atoms with Crippen LogP contribution in [-0.4, -0.2) is 46.2 Å². The highest BCUT2D eigenvalue weighted by atomic mass is 35.5. The molecular weight excluding hydrogens is 520 g/mol. The van der Waals surface area contributed by atoms with Crippen molar-refractivity contribution < 1.29 is 26.5 Å². The maximum atomic E-state index is 13.6. The summed E-state index contributed by atoms with van der Waals surface area (Å²) >= 11 is 6.49. The molecule has 4 heterocycles. The first-order valence-electron chi connectivity index (χ1n) is 11.8. The Labute approximate surface area is 221 Å². The largest absolute Gasteiger partial charge is 0.446 e. The van der Waals surface area contributed by atoms with Gasteiger partial charge in [-0.2, -0.15) is 8.42 Å². The van der Waals surface area contributed by atoms with E-state index in [0.717, 1.165) is 12.7 Å². The highest BCUT2D eigenvalue weighted by molar-refractivity contribution is 7.86. The number of likely N-dealkylation sites (tertiary alicyclic amines) is 1. The lowest BCUT2D eigenvalue weighted by Gasteiger charge is -2.42. The summed E-state index contributed by atoms with van der Waals surface area (Å²) in [5, 5.41) is 0.453. The predicted molar refractivity (Wildman–Crippen MR) is 135 cm³/mol. The monoisotopic (exact) mass is 548 g/mol. The van der Waals surface area contributed by atoms with Crippen LogP contribution in [0.2, 0.25) is 5.02 Å². The van der Waals surface area contributed by atoms with Gasteiger partial charge < -0.3 is 9.15 Å². The van der Waals surface area contributed by atoms with Gasteiger partial charge in [0.25, 0.3) is 10.1 Å². The lowest BCUT2D eigenvalue weighted by atomic mass is 9.91. The van der Waals surface area contributed by atoms with Crippen LogP contribution >= 0.6 is 11.6 Å². The second-order valence-electron chi connectivity index (χ2n) is 9.76. The molecule has 4 rings (SSSR count). The molecule has 0 saturated carbocycles. The molecule has 1 amide bonds. The Kier molecular flexibility index (Phi) is 7.86. The third-order valence-corrected chi connectivity index (χ3v) is 6.54. The maximum Gasteiger partial charge on any atom is 0.411 e. The van der Waals surface area contributed by atoms with Gasteiger partial charge in [-0.05, 0) is 64.3 Å². The average Bonchev–Trinajstić information content (AvgIpc) is 3.36. The highest BCUT2D eigenvalue weighted by Gasteiger charge is 2.41. The number of pyridine rings is 2. The van der Waals surface area contributed by atoms with Crippen LogP contribution in [0.3, 0.4) is 0 Å². The second kappa shape index (κ2) is 10.8. The minimum atomic E-state index is -3.88. The lowest BCUT2D eigenvalue weighted by Crippen LogP contribution is -2.44. The van der Waals surface area contributed by atoms with Gasteiger partial charge >= 0.3 is 6.09 Å². The molecule has 0 bridgehead atoms. The fraction of sp³-hybridized carbons (Fsp3) is 0.440. The van der Waals surface area contributed by atoms with E-state index in [9.17, 15) is 13.2 Å². The Morgan fingerprint density at radius 3 is 2.54 bits per heavy atom. The summed E-state index contributed by atoms with van der Waals surface area (Å²) in [7, 11) is -3.88. The third-order valence-electron chi connectivity index (χ3n) is 5.68. The number of ether oxygens (including phenoxy) is 1. The number of piperidine rings is 1. The Balaban J connectivity index is 1.77. The first-order chi connectivity index (χ1) is 17.4. The predicted octanol–water partition coefficient (Wildman–Crippen LogP) is 5.39. The molecule has 0 radical (unpaired) electrons. The van der Waals surface area contributed by atoms with Crippen molar-refractivity contribution in [2.24, 2.45) is 0 Å². The fourth-order valence-electron chi connectivity index (χ4n) is 4.33. The van der Waals surface area contributed by atoms with Crippen LogP contribution in [0.4, 0.5) is 4.79 Å². The fourth-order valence-corrected chi connectivity index (χ4v) is 5.11. The molecule has 37 heavy (non-hydrogen) atoms. The van der Waals surface area contributed by atoms with Crippen molar-refractivity contribution in [3.63, 3.8) is 0 Å². The SMILES string of the molecule is CC(C)(C)OC(=O)N1[C@@H](c2cccc(C(OS(C)(=O)=O)c3ncco3)n2)CCC[C@H]1c1ncccc1Cl. The van der Waals surface area contributed by atoms with E-state index in [1.807, 2.05) is 0 Å². The van der Waals surface area contributed by atoms with Crippen LogP contribution in [0, 0.1) is 0 Å². The van der Waals surface area contributed by atoms with E-state index in [1.165, 1.54) is 12.5 Å². The molecule has 1 aliphatic rings. The van der Waals surface area contributed by atoms with Crippen molar-refractivity contribution >= 4 is 27.8 Å². The molecule has 198 valence electrons. The number of carbonyl (C=O) groups is 1. The number of oxazole rings is 1. The van der Waals surface area contributed by atoms with Gasteiger partial charge in [0.2, 0.25) is 5.89 Å². The van der Waals surface area contributed by atoms with E-state index in [0.29, 0.717) is 29.3 Å². The maximum absolute atomic E-state index is 13.6. The standard InChI is InChI=1S/C25H29ClN4O6S/c1-25(2,3)35-24(31)30-19(11-6-12-20(30)21-16(26)8-7-13-27-21)17-9-5-10-18(29-17)22(36-37(4,32)33)23-28-14-15-34-23/h5,7-10,13-15,19-20,22H,6,11-12H2,1-4H3/t19-,20+,22?/m1/s1. The summed E-state index contributed by atoms with van der Waals surface area (Å²) < 4.78 is 40.4. The number of rotatable bonds is 6. The van der Waals surface area contributed by atoms with Crippen molar-refractivity contribution in [3.05, 3.63) is 77.0 Å². The van der Waals surface area contributed by atoms with Crippen molar-refractivity contribution in [2.45, 2.75) is 63.8 Å². The summed E-state index contributed by atoms with van der Waals surface area (Å²) in [6, 6.07) is 7.67. The smallest absolute Gasteiger partial charge is 0.411 e. The van der Waals surface area contributed by atoms with E-state index in [1.54, 1.807) is 62.2 Å². The quantitative estimate of drug-likeness (QED) is 0.373. The Morgan fingerprint density at radius 2 is 1.89 bits per heavy atom. The minimum absolute atomic E-state index is 0.0425. The number of aromatic nitrogens is 3. The van der Waals surface area contributed by atoms with Crippen LogP contribution in [0.15, 0.2) is 53.4 Å². The molecule has 0 N–H and O–H groups in total. The van der Waals surface area contributed by atoms with Crippen LogP contribution in [0.1, 0.15) is 81.2 Å². The summed E-state index contributed by atoms with van der Waals surface area (Å²) in [6.07, 6.45) is 5.61. The van der Waals surface area contributed by atoms with Crippen molar-refractivity contribution in [1.82, 2.24) is 19.9 Å². The molecule has 3 atom stereocenters. The minimum Gasteiger partial charge on any atom is -0.446 e.